The summed E-state index contributed by atoms with van der Waals surface area (Å²) in [6.45, 7) is 26.3. The first-order valence-corrected chi connectivity index (χ1v) is 13.7. The second-order valence-electron chi connectivity index (χ2n) is 13.0. The molecule has 0 bridgehead atoms. The lowest BCUT2D eigenvalue weighted by molar-refractivity contribution is 0.0733. The maximum Gasteiger partial charge on any atom is 0.123 e. The first kappa shape index (κ1) is 28.5. The Labute approximate surface area is 220 Å². The van der Waals surface area contributed by atoms with Crippen LogP contribution in [0.2, 0.25) is 0 Å². The van der Waals surface area contributed by atoms with Crippen LogP contribution in [0.25, 0.3) is 0 Å². The fourth-order valence-electron chi connectivity index (χ4n) is 5.24. The largest absolute Gasteiger partial charge is 0.507 e. The molecule has 1 fully saturated rings. The summed E-state index contributed by atoms with van der Waals surface area (Å²) in [5.41, 5.74) is 6.33. The Hall–Kier alpha value is -2.04. The second kappa shape index (κ2) is 10.8. The SMILES string of the molecule is Cc1cc(CN2CCCN(Cc3cc(C)cc(C(C)(C)C(C)C)c3O)C2)c(O)c(C(C)(C)C(C)C)c1. The van der Waals surface area contributed by atoms with Crippen LogP contribution in [0.1, 0.15) is 95.2 Å². The number of aryl methyl sites for hydroxylation is 2. The van der Waals surface area contributed by atoms with E-state index in [1.54, 1.807) is 0 Å². The summed E-state index contributed by atoms with van der Waals surface area (Å²) < 4.78 is 0. The van der Waals surface area contributed by atoms with Crippen LogP contribution in [0.3, 0.4) is 0 Å². The van der Waals surface area contributed by atoms with Gasteiger partial charge in [0.15, 0.2) is 0 Å². The molecule has 1 aliphatic rings. The molecule has 4 heteroatoms. The Morgan fingerprint density at radius 3 is 1.39 bits per heavy atom. The molecule has 0 aromatic heterocycles. The van der Waals surface area contributed by atoms with Crippen molar-refractivity contribution in [3.05, 3.63) is 57.6 Å². The monoisotopic (exact) mass is 494 g/mol. The molecular weight excluding hydrogens is 444 g/mol. The first-order valence-electron chi connectivity index (χ1n) is 13.7. The zero-order chi connectivity index (χ0) is 27.0. The number of benzene rings is 2. The molecule has 0 unspecified atom stereocenters. The van der Waals surface area contributed by atoms with Gasteiger partial charge in [-0.15, -0.1) is 0 Å². The van der Waals surface area contributed by atoms with Crippen molar-refractivity contribution in [1.29, 1.82) is 0 Å². The maximum absolute atomic E-state index is 11.3. The highest BCUT2D eigenvalue weighted by atomic mass is 16.3. The van der Waals surface area contributed by atoms with Crippen molar-refractivity contribution >= 4 is 0 Å². The Balaban J connectivity index is 1.81. The standard InChI is InChI=1S/C32H50N2O2/c1-21(2)31(7,8)27-16-23(5)14-25(29(27)35)18-33-12-11-13-34(20-33)19-26-15-24(6)17-28(30(26)36)32(9,10)22(3)4/h14-17,21-22,35-36H,11-13,18-20H2,1-10H3. The molecule has 1 heterocycles. The minimum absolute atomic E-state index is 0.0943. The molecular formula is C32H50N2O2. The van der Waals surface area contributed by atoms with E-state index in [0.29, 0.717) is 23.3 Å². The van der Waals surface area contributed by atoms with Crippen molar-refractivity contribution in [3.63, 3.8) is 0 Å². The lowest BCUT2D eigenvalue weighted by Crippen LogP contribution is -2.44. The molecule has 3 rings (SSSR count). The summed E-state index contributed by atoms with van der Waals surface area (Å²) in [4.78, 5) is 4.85. The molecule has 0 spiro atoms. The first-order chi connectivity index (χ1) is 16.6. The van der Waals surface area contributed by atoms with Gasteiger partial charge in [-0.05, 0) is 42.9 Å². The Bertz CT molecular complexity index is 985. The van der Waals surface area contributed by atoms with Crippen LogP contribution >= 0.6 is 0 Å². The van der Waals surface area contributed by atoms with Gasteiger partial charge in [0.2, 0.25) is 0 Å². The van der Waals surface area contributed by atoms with E-state index in [4.69, 9.17) is 0 Å². The molecule has 0 aliphatic carbocycles. The van der Waals surface area contributed by atoms with E-state index in [2.05, 4.69) is 103 Å². The summed E-state index contributed by atoms with van der Waals surface area (Å²) in [7, 11) is 0. The molecule has 1 saturated heterocycles. The summed E-state index contributed by atoms with van der Waals surface area (Å²) in [6, 6.07) is 8.58. The molecule has 0 amide bonds. The fraction of sp³-hybridized carbons (Fsp3) is 0.625. The van der Waals surface area contributed by atoms with Gasteiger partial charge < -0.3 is 10.2 Å². The molecule has 0 saturated carbocycles. The number of rotatable bonds is 8. The van der Waals surface area contributed by atoms with E-state index >= 15 is 0 Å². The highest BCUT2D eigenvalue weighted by Crippen LogP contribution is 2.41. The van der Waals surface area contributed by atoms with E-state index < -0.39 is 0 Å². The van der Waals surface area contributed by atoms with Gasteiger partial charge in [-0.25, -0.2) is 0 Å². The maximum atomic E-state index is 11.3. The average molecular weight is 495 g/mol. The molecule has 0 atom stereocenters. The van der Waals surface area contributed by atoms with E-state index in [1.807, 2.05) is 0 Å². The third-order valence-electron chi connectivity index (χ3n) is 9.08. The fourth-order valence-corrected chi connectivity index (χ4v) is 5.24. The van der Waals surface area contributed by atoms with E-state index in [1.165, 1.54) is 11.1 Å². The number of nitrogens with zero attached hydrogens (tertiary/aromatic N) is 2. The Morgan fingerprint density at radius 2 is 1.06 bits per heavy atom. The molecule has 2 N–H and O–H groups in total. The highest BCUT2D eigenvalue weighted by Gasteiger charge is 2.31. The minimum atomic E-state index is -0.0943. The number of phenols is 2. The number of hydrogen-bond donors (Lipinski definition) is 2. The van der Waals surface area contributed by atoms with Gasteiger partial charge in [-0.2, -0.15) is 0 Å². The zero-order valence-corrected chi connectivity index (χ0v) is 24.5. The van der Waals surface area contributed by atoms with Crippen LogP contribution in [-0.2, 0) is 23.9 Å². The van der Waals surface area contributed by atoms with Crippen LogP contribution in [0.15, 0.2) is 24.3 Å². The van der Waals surface area contributed by atoms with Gasteiger partial charge in [-0.3, -0.25) is 9.80 Å². The van der Waals surface area contributed by atoms with Crippen LogP contribution in [-0.4, -0.2) is 39.8 Å². The lowest BCUT2D eigenvalue weighted by atomic mass is 9.74. The topological polar surface area (TPSA) is 46.9 Å². The van der Waals surface area contributed by atoms with Crippen molar-refractivity contribution in [2.75, 3.05) is 19.8 Å². The molecule has 36 heavy (non-hydrogen) atoms. The third kappa shape index (κ3) is 5.92. The quantitative estimate of drug-likeness (QED) is 0.406. The van der Waals surface area contributed by atoms with E-state index in [0.717, 1.165) is 61.5 Å². The van der Waals surface area contributed by atoms with Gasteiger partial charge in [0, 0.05) is 48.4 Å². The van der Waals surface area contributed by atoms with Crippen molar-refractivity contribution in [3.8, 4) is 11.5 Å². The molecule has 4 nitrogen and oxygen atoms in total. The minimum Gasteiger partial charge on any atom is -0.507 e. The van der Waals surface area contributed by atoms with E-state index in [-0.39, 0.29) is 10.8 Å². The molecule has 2 aromatic carbocycles. The smallest absolute Gasteiger partial charge is 0.123 e. The summed E-state index contributed by atoms with van der Waals surface area (Å²) in [5, 5.41) is 22.5. The molecule has 1 aliphatic heterocycles. The van der Waals surface area contributed by atoms with Crippen molar-refractivity contribution in [1.82, 2.24) is 9.80 Å². The normalized spacial score (nSPS) is 16.3. The van der Waals surface area contributed by atoms with E-state index in [9.17, 15) is 10.2 Å². The van der Waals surface area contributed by atoms with Gasteiger partial charge in [0.1, 0.15) is 11.5 Å². The number of phenolic OH excluding ortho intramolecular Hbond substituents is 2. The third-order valence-corrected chi connectivity index (χ3v) is 9.08. The lowest BCUT2D eigenvalue weighted by Gasteiger charge is -2.37. The summed E-state index contributed by atoms with van der Waals surface area (Å²) >= 11 is 0. The van der Waals surface area contributed by atoms with Crippen LogP contribution < -0.4 is 0 Å². The van der Waals surface area contributed by atoms with Crippen LogP contribution in [0.5, 0.6) is 11.5 Å². The number of aromatic hydroxyl groups is 2. The molecule has 200 valence electrons. The summed E-state index contributed by atoms with van der Waals surface area (Å²) in [5.74, 6) is 1.76. The Morgan fingerprint density at radius 1 is 0.694 bits per heavy atom. The average Bonchev–Trinajstić information content (AvgIpc) is 2.78. The molecule has 0 radical (unpaired) electrons. The van der Waals surface area contributed by atoms with Crippen LogP contribution in [0, 0.1) is 25.7 Å². The second-order valence-corrected chi connectivity index (χ2v) is 13.0. The predicted octanol–water partition coefficient (Wildman–Crippen LogP) is 7.25. The Kier molecular flexibility index (Phi) is 8.52. The van der Waals surface area contributed by atoms with Crippen molar-refractivity contribution in [2.24, 2.45) is 11.8 Å². The highest BCUT2D eigenvalue weighted by molar-refractivity contribution is 5.48. The van der Waals surface area contributed by atoms with Crippen molar-refractivity contribution < 1.29 is 10.2 Å². The molecule has 2 aromatic rings. The van der Waals surface area contributed by atoms with Gasteiger partial charge in [0.05, 0.1) is 6.67 Å². The van der Waals surface area contributed by atoms with Crippen LogP contribution in [0.4, 0.5) is 0 Å². The van der Waals surface area contributed by atoms with Gasteiger partial charge in [0.25, 0.3) is 0 Å². The summed E-state index contributed by atoms with van der Waals surface area (Å²) in [6.07, 6.45) is 1.08. The number of hydrogen-bond acceptors (Lipinski definition) is 4. The van der Waals surface area contributed by atoms with Crippen molar-refractivity contribution in [2.45, 2.75) is 99.6 Å². The zero-order valence-electron chi connectivity index (χ0n) is 24.5. The predicted molar refractivity (Wildman–Crippen MR) is 152 cm³/mol. The van der Waals surface area contributed by atoms with Gasteiger partial charge >= 0.3 is 0 Å². The van der Waals surface area contributed by atoms with Gasteiger partial charge in [-0.1, -0.05) is 90.8 Å².